The normalized spacial score (nSPS) is 20.9. The highest BCUT2D eigenvalue weighted by atomic mass is 16.6. The third-order valence-electron chi connectivity index (χ3n) is 7.84. The Bertz CT molecular complexity index is 1360. The molecular weight excluding hydrogens is 524 g/mol. The Morgan fingerprint density at radius 1 is 1.07 bits per heavy atom. The van der Waals surface area contributed by atoms with Crippen LogP contribution in [0.2, 0.25) is 0 Å². The molecule has 6 rings (SSSR count). The molecule has 4 heterocycles. The van der Waals surface area contributed by atoms with Gasteiger partial charge in [-0.2, -0.15) is 4.98 Å². The van der Waals surface area contributed by atoms with E-state index in [0.717, 1.165) is 31.4 Å². The molecule has 1 saturated carbocycles. The van der Waals surface area contributed by atoms with Gasteiger partial charge in [0.15, 0.2) is 11.5 Å². The first-order valence-corrected chi connectivity index (χ1v) is 14.4. The second-order valence-electron chi connectivity index (χ2n) is 10.8. The van der Waals surface area contributed by atoms with Gasteiger partial charge in [0.1, 0.15) is 30.9 Å². The fourth-order valence-electron chi connectivity index (χ4n) is 5.65. The van der Waals surface area contributed by atoms with Gasteiger partial charge >= 0.3 is 6.03 Å². The Balaban J connectivity index is 1.18. The number of hydrogen-bond acceptors (Lipinski definition) is 8. The minimum Gasteiger partial charge on any atom is -0.486 e. The van der Waals surface area contributed by atoms with Crippen molar-refractivity contribution in [2.45, 2.75) is 57.2 Å². The molecule has 2 fully saturated rings. The van der Waals surface area contributed by atoms with Gasteiger partial charge in [0.2, 0.25) is 11.9 Å². The van der Waals surface area contributed by atoms with E-state index < -0.39 is 6.04 Å². The Morgan fingerprint density at radius 2 is 1.90 bits per heavy atom. The molecule has 1 aliphatic carbocycles. The van der Waals surface area contributed by atoms with Gasteiger partial charge in [-0.1, -0.05) is 31.4 Å². The lowest BCUT2D eigenvalue weighted by Crippen LogP contribution is -2.64. The van der Waals surface area contributed by atoms with Crippen molar-refractivity contribution >= 4 is 17.8 Å². The van der Waals surface area contributed by atoms with Gasteiger partial charge in [-0.25, -0.2) is 14.8 Å². The summed E-state index contributed by atoms with van der Waals surface area (Å²) in [6.07, 6.45) is 10.2. The molecule has 1 saturated heterocycles. The van der Waals surface area contributed by atoms with E-state index in [4.69, 9.17) is 14.5 Å². The summed E-state index contributed by atoms with van der Waals surface area (Å²) in [5, 5.41) is 6.21. The smallest absolute Gasteiger partial charge is 0.318 e. The third-order valence-corrected chi connectivity index (χ3v) is 7.84. The Hall–Kier alpha value is -4.35. The fourth-order valence-corrected chi connectivity index (χ4v) is 5.65. The summed E-state index contributed by atoms with van der Waals surface area (Å²) in [5.74, 6) is 2.32. The zero-order valence-corrected chi connectivity index (χ0v) is 23.2. The van der Waals surface area contributed by atoms with E-state index in [2.05, 4.69) is 20.6 Å². The molecule has 3 aliphatic rings. The molecule has 12 nitrogen and oxygen atoms in total. The van der Waals surface area contributed by atoms with Crippen molar-refractivity contribution in [2.75, 3.05) is 37.7 Å². The highest BCUT2D eigenvalue weighted by Crippen LogP contribution is 2.30. The van der Waals surface area contributed by atoms with Crippen molar-refractivity contribution in [1.82, 2.24) is 35.1 Å². The van der Waals surface area contributed by atoms with Crippen molar-refractivity contribution in [3.63, 3.8) is 0 Å². The molecule has 12 heteroatoms. The van der Waals surface area contributed by atoms with E-state index in [-0.39, 0.29) is 30.6 Å². The van der Waals surface area contributed by atoms with E-state index in [9.17, 15) is 9.59 Å². The number of amides is 3. The van der Waals surface area contributed by atoms with E-state index in [1.165, 1.54) is 6.42 Å². The second kappa shape index (κ2) is 12.0. The van der Waals surface area contributed by atoms with Gasteiger partial charge in [0.05, 0.1) is 6.54 Å². The summed E-state index contributed by atoms with van der Waals surface area (Å²) in [4.78, 5) is 44.2. The van der Waals surface area contributed by atoms with Gasteiger partial charge in [-0.05, 0) is 31.9 Å². The second-order valence-corrected chi connectivity index (χ2v) is 10.8. The molecule has 2 unspecified atom stereocenters. The van der Waals surface area contributed by atoms with Gasteiger partial charge in [-0.15, -0.1) is 0 Å². The number of aromatic nitrogens is 4. The van der Waals surface area contributed by atoms with Gasteiger partial charge in [-0.3, -0.25) is 9.36 Å². The Morgan fingerprint density at radius 3 is 2.71 bits per heavy atom. The van der Waals surface area contributed by atoms with Crippen LogP contribution in [0.15, 0.2) is 49.1 Å². The average molecular weight is 561 g/mol. The van der Waals surface area contributed by atoms with Crippen LogP contribution in [0.1, 0.15) is 37.8 Å². The topological polar surface area (TPSA) is 127 Å². The van der Waals surface area contributed by atoms with E-state index in [1.807, 2.05) is 42.2 Å². The molecule has 1 aromatic carbocycles. The molecular formula is C29H36N8O4. The minimum atomic E-state index is -0.712. The van der Waals surface area contributed by atoms with Crippen LogP contribution < -0.4 is 25.0 Å². The number of carbonyl (C=O) groups is 2. The Kier molecular flexibility index (Phi) is 7.88. The lowest BCUT2D eigenvalue weighted by Gasteiger charge is -2.41. The number of ether oxygens (including phenoxy) is 2. The maximum atomic E-state index is 13.7. The SMILES string of the molecule is Cc1cc(N2CCN(C(=O)NC3CCCCC3)C(C(=O)NCC3COc4ccccc4O3)C2)nc(-n2ccnc2)n1. The van der Waals surface area contributed by atoms with E-state index in [0.29, 0.717) is 49.5 Å². The first-order valence-electron chi connectivity index (χ1n) is 14.4. The summed E-state index contributed by atoms with van der Waals surface area (Å²) in [6.45, 7) is 3.73. The number of nitrogens with zero attached hydrogens (tertiary/aromatic N) is 6. The number of imidazole rings is 1. The quantitative estimate of drug-likeness (QED) is 0.471. The lowest BCUT2D eigenvalue weighted by molar-refractivity contribution is -0.126. The third kappa shape index (κ3) is 6.21. The van der Waals surface area contributed by atoms with E-state index in [1.54, 1.807) is 28.2 Å². The zero-order valence-electron chi connectivity index (χ0n) is 23.2. The largest absolute Gasteiger partial charge is 0.486 e. The van der Waals surface area contributed by atoms with Crippen molar-refractivity contribution in [3.05, 3.63) is 54.7 Å². The molecule has 41 heavy (non-hydrogen) atoms. The molecule has 2 aliphatic heterocycles. The van der Waals surface area contributed by atoms with Crippen molar-refractivity contribution in [1.29, 1.82) is 0 Å². The first kappa shape index (κ1) is 26.9. The number of nitrogens with one attached hydrogen (secondary N) is 2. The van der Waals surface area contributed by atoms with Crippen molar-refractivity contribution in [3.8, 4) is 17.4 Å². The number of hydrogen-bond donors (Lipinski definition) is 2. The molecule has 0 spiro atoms. The van der Waals surface area contributed by atoms with Crippen LogP contribution in [0.25, 0.3) is 5.95 Å². The number of carbonyl (C=O) groups excluding carboxylic acids is 2. The molecule has 3 amide bonds. The number of anilines is 1. The van der Waals surface area contributed by atoms with Crippen LogP contribution in [0, 0.1) is 6.92 Å². The number of benzene rings is 1. The Labute approximate surface area is 239 Å². The molecule has 3 aromatic rings. The maximum absolute atomic E-state index is 13.7. The van der Waals surface area contributed by atoms with E-state index >= 15 is 0 Å². The number of urea groups is 1. The summed E-state index contributed by atoms with van der Waals surface area (Å²) in [6, 6.07) is 8.62. The highest BCUT2D eigenvalue weighted by Gasteiger charge is 2.37. The molecule has 2 atom stereocenters. The van der Waals surface area contributed by atoms with Gasteiger partial charge in [0.25, 0.3) is 0 Å². The molecule has 0 bridgehead atoms. The predicted octanol–water partition coefficient (Wildman–Crippen LogP) is 2.46. The van der Waals surface area contributed by atoms with Crippen LogP contribution in [-0.2, 0) is 4.79 Å². The lowest BCUT2D eigenvalue weighted by atomic mass is 9.95. The predicted molar refractivity (Wildman–Crippen MR) is 151 cm³/mol. The van der Waals surface area contributed by atoms with Crippen LogP contribution >= 0.6 is 0 Å². The number of aryl methyl sites for hydroxylation is 1. The van der Waals surface area contributed by atoms with Crippen molar-refractivity contribution in [2.24, 2.45) is 0 Å². The minimum absolute atomic E-state index is 0.146. The summed E-state index contributed by atoms with van der Waals surface area (Å²) < 4.78 is 13.6. The zero-order chi connectivity index (χ0) is 28.2. The number of para-hydroxylation sites is 2. The number of fused-ring (bicyclic) bond motifs is 1. The number of piperazine rings is 1. The average Bonchev–Trinajstić information content (AvgIpc) is 3.55. The standard InChI is InChI=1S/C29H36N8O4/c1-20-15-26(34-28(32-20)36-12-11-30-19-36)35-13-14-37(29(39)33-21-7-3-2-4-8-21)23(17-35)27(38)31-16-22-18-40-24-9-5-6-10-25(24)41-22/h5-6,9-12,15,19,21-23H,2-4,7-8,13-14,16-18H2,1H3,(H,31,38)(H,33,39). The molecule has 2 N–H and O–H groups in total. The maximum Gasteiger partial charge on any atom is 0.318 e. The van der Waals surface area contributed by atoms with Crippen molar-refractivity contribution < 1.29 is 19.1 Å². The van der Waals surface area contributed by atoms with Crippen LogP contribution in [0.5, 0.6) is 11.5 Å². The monoisotopic (exact) mass is 560 g/mol. The summed E-state index contributed by atoms with van der Waals surface area (Å²) in [7, 11) is 0. The molecule has 0 radical (unpaired) electrons. The van der Waals surface area contributed by atoms with Crippen LogP contribution in [-0.4, -0.2) is 87.3 Å². The van der Waals surface area contributed by atoms with Gasteiger partial charge < -0.3 is 29.9 Å². The summed E-state index contributed by atoms with van der Waals surface area (Å²) in [5.41, 5.74) is 0.798. The first-order chi connectivity index (χ1) is 20.0. The fraction of sp³-hybridized carbons (Fsp3) is 0.483. The molecule has 2 aromatic heterocycles. The van der Waals surface area contributed by atoms with Gasteiger partial charge in [0, 0.05) is 49.8 Å². The highest BCUT2D eigenvalue weighted by molar-refractivity contribution is 5.88. The van der Waals surface area contributed by atoms with Crippen LogP contribution in [0.4, 0.5) is 10.6 Å². The summed E-state index contributed by atoms with van der Waals surface area (Å²) >= 11 is 0. The van der Waals surface area contributed by atoms with Crippen LogP contribution in [0.3, 0.4) is 0 Å². The number of rotatable bonds is 6. The molecule has 216 valence electrons.